The Balaban J connectivity index is 2.51. The lowest BCUT2D eigenvalue weighted by atomic mass is 9.84. The summed E-state index contributed by atoms with van der Waals surface area (Å²) in [6.45, 7) is 8.21. The first kappa shape index (κ1) is 16.1. The van der Waals surface area contributed by atoms with Gasteiger partial charge in [-0.15, -0.1) is 0 Å². The van der Waals surface area contributed by atoms with E-state index in [1.807, 2.05) is 36.4 Å². The zero-order valence-corrected chi connectivity index (χ0v) is 15.0. The Morgan fingerprint density at radius 3 is 1.95 bits per heavy atom. The average Bonchev–Trinajstić information content (AvgIpc) is 2.42. The van der Waals surface area contributed by atoms with Crippen LogP contribution in [-0.4, -0.2) is 11.5 Å². The second-order valence-electron chi connectivity index (χ2n) is 5.83. The number of benzene rings is 1. The van der Waals surface area contributed by atoms with E-state index in [0.717, 1.165) is 26.1 Å². The Labute approximate surface area is 140 Å². The van der Waals surface area contributed by atoms with Gasteiger partial charge in [0.2, 0.25) is 0 Å². The number of Topliss-reactive ketones (excluding diaryl/α,β-unsaturated/α-hetero) is 1. The molecule has 110 valence electrons. The van der Waals surface area contributed by atoms with Gasteiger partial charge in [0.15, 0.2) is 5.78 Å². The maximum Gasteiger partial charge on any atom is 0.185 e. The van der Waals surface area contributed by atoms with Crippen LogP contribution in [0, 0.1) is 15.4 Å². The van der Waals surface area contributed by atoms with E-state index in [1.165, 1.54) is 0 Å². The summed E-state index contributed by atoms with van der Waals surface area (Å²) in [4.78, 5) is 17.2. The van der Waals surface area contributed by atoms with Crippen LogP contribution in [0.3, 0.4) is 0 Å². The molecular weight excluding hydrogens is 373 g/mol. The van der Waals surface area contributed by atoms with Crippen molar-refractivity contribution in [1.29, 1.82) is 0 Å². The Bertz CT molecular complexity index is 621. The molecule has 0 aliphatic heterocycles. The highest BCUT2D eigenvalue weighted by atomic mass is 127. The summed E-state index contributed by atoms with van der Waals surface area (Å²) in [6.07, 6.45) is 3.86. The smallest absolute Gasteiger partial charge is 0.185 e. The molecule has 0 N–H and O–H groups in total. The Morgan fingerprint density at radius 2 is 1.48 bits per heavy atom. The van der Waals surface area contributed by atoms with Gasteiger partial charge < -0.3 is 0 Å². The van der Waals surface area contributed by atoms with E-state index in [-0.39, 0.29) is 17.6 Å². The van der Waals surface area contributed by atoms with E-state index in [4.69, 9.17) is 4.99 Å². The van der Waals surface area contributed by atoms with Crippen molar-refractivity contribution in [3.8, 4) is 0 Å². The van der Waals surface area contributed by atoms with Crippen molar-refractivity contribution in [3.63, 3.8) is 0 Å². The largest absolute Gasteiger partial charge is 0.289 e. The lowest BCUT2D eigenvalue weighted by Gasteiger charge is -2.20. The van der Waals surface area contributed by atoms with Crippen molar-refractivity contribution in [2.24, 2.45) is 16.8 Å². The minimum absolute atomic E-state index is 0.168. The Morgan fingerprint density at radius 1 is 0.952 bits per heavy atom. The molecule has 2 nitrogen and oxygen atoms in total. The first-order valence-corrected chi connectivity index (χ1v) is 8.29. The molecule has 0 saturated carbocycles. The molecule has 0 spiro atoms. The van der Waals surface area contributed by atoms with Gasteiger partial charge >= 0.3 is 0 Å². The number of carbonyl (C=O) groups excluding carboxylic acids is 1. The third kappa shape index (κ3) is 3.70. The van der Waals surface area contributed by atoms with E-state index in [0.29, 0.717) is 0 Å². The van der Waals surface area contributed by atoms with Gasteiger partial charge in [0, 0.05) is 14.7 Å². The van der Waals surface area contributed by atoms with Crippen molar-refractivity contribution in [2.45, 2.75) is 27.7 Å². The molecule has 0 bridgehead atoms. The van der Waals surface area contributed by atoms with Gasteiger partial charge in [0.05, 0.1) is 11.4 Å². The average molecular weight is 393 g/mol. The van der Waals surface area contributed by atoms with Crippen molar-refractivity contribution >= 4 is 39.8 Å². The summed E-state index contributed by atoms with van der Waals surface area (Å²) in [6, 6.07) is 8.02. The van der Waals surface area contributed by atoms with E-state index in [2.05, 4.69) is 50.3 Å². The Hall–Kier alpha value is -1.23. The van der Waals surface area contributed by atoms with Gasteiger partial charge in [-0.3, -0.25) is 4.79 Å². The van der Waals surface area contributed by atoms with Crippen LogP contribution < -0.4 is 0 Å². The minimum atomic E-state index is 0.168. The summed E-state index contributed by atoms with van der Waals surface area (Å²) in [7, 11) is 0. The van der Waals surface area contributed by atoms with Crippen LogP contribution >= 0.6 is 22.6 Å². The third-order valence-electron chi connectivity index (χ3n) is 3.48. The second kappa shape index (κ2) is 6.69. The molecule has 0 unspecified atom stereocenters. The van der Waals surface area contributed by atoms with Crippen LogP contribution in [0.2, 0.25) is 0 Å². The fraction of sp³-hybridized carbons (Fsp3) is 0.333. The molecule has 2 rings (SSSR count). The monoisotopic (exact) mass is 393 g/mol. The number of allylic oxidation sites excluding steroid dienone is 4. The maximum absolute atomic E-state index is 12.5. The maximum atomic E-state index is 12.5. The molecule has 1 aromatic carbocycles. The van der Waals surface area contributed by atoms with Crippen LogP contribution in [0.1, 0.15) is 27.7 Å². The highest BCUT2D eigenvalue weighted by Gasteiger charge is 2.24. The fourth-order valence-electron chi connectivity index (χ4n) is 2.26. The summed E-state index contributed by atoms with van der Waals surface area (Å²) in [5.41, 5.74) is 3.52. The van der Waals surface area contributed by atoms with Gasteiger partial charge in [-0.2, -0.15) is 0 Å². The molecule has 0 aromatic heterocycles. The van der Waals surface area contributed by atoms with Crippen LogP contribution in [0.4, 0.5) is 5.69 Å². The molecule has 0 atom stereocenters. The molecule has 3 heteroatoms. The van der Waals surface area contributed by atoms with E-state index in [1.54, 1.807) is 0 Å². The van der Waals surface area contributed by atoms with Crippen molar-refractivity contribution < 1.29 is 4.79 Å². The van der Waals surface area contributed by atoms with E-state index < -0.39 is 0 Å². The highest BCUT2D eigenvalue weighted by Crippen LogP contribution is 2.27. The number of hydrogen-bond acceptors (Lipinski definition) is 2. The van der Waals surface area contributed by atoms with Crippen LogP contribution in [0.5, 0.6) is 0 Å². The Kier molecular flexibility index (Phi) is 5.14. The zero-order valence-electron chi connectivity index (χ0n) is 12.9. The minimum Gasteiger partial charge on any atom is -0.289 e. The summed E-state index contributed by atoms with van der Waals surface area (Å²) < 4.78 is 1.11. The van der Waals surface area contributed by atoms with Crippen LogP contribution in [-0.2, 0) is 4.79 Å². The highest BCUT2D eigenvalue weighted by molar-refractivity contribution is 14.1. The quantitative estimate of drug-likeness (QED) is 0.518. The van der Waals surface area contributed by atoms with Gasteiger partial charge in [-0.1, -0.05) is 39.8 Å². The molecule has 21 heavy (non-hydrogen) atoms. The molecule has 1 aliphatic carbocycles. The predicted octanol–water partition coefficient (Wildman–Crippen LogP) is 5.11. The van der Waals surface area contributed by atoms with Gasteiger partial charge in [-0.05, 0) is 58.7 Å². The molecule has 0 heterocycles. The van der Waals surface area contributed by atoms with E-state index >= 15 is 0 Å². The topological polar surface area (TPSA) is 29.4 Å². The SMILES string of the molecule is CC(C)C1=CC(=Nc2ccccc2I)C=C(C(C)C)C1=O. The number of para-hydroxylation sites is 1. The number of hydrogen-bond donors (Lipinski definition) is 0. The fourth-order valence-corrected chi connectivity index (χ4v) is 2.77. The molecule has 0 saturated heterocycles. The number of ketones is 1. The number of rotatable bonds is 3. The first-order valence-electron chi connectivity index (χ1n) is 7.21. The summed E-state index contributed by atoms with van der Waals surface area (Å²) >= 11 is 2.28. The molecule has 1 aliphatic rings. The summed E-state index contributed by atoms with van der Waals surface area (Å²) in [5.74, 6) is 0.585. The third-order valence-corrected chi connectivity index (χ3v) is 4.39. The van der Waals surface area contributed by atoms with Crippen molar-refractivity contribution in [1.82, 2.24) is 0 Å². The first-order chi connectivity index (χ1) is 9.90. The van der Waals surface area contributed by atoms with Crippen LogP contribution in [0.15, 0.2) is 52.6 Å². The normalized spacial score (nSPS) is 15.4. The predicted molar refractivity (Wildman–Crippen MR) is 97.1 cm³/mol. The summed E-state index contributed by atoms with van der Waals surface area (Å²) in [5, 5.41) is 0. The zero-order chi connectivity index (χ0) is 15.6. The molecule has 0 amide bonds. The molecular formula is C18H20INO. The van der Waals surface area contributed by atoms with Gasteiger partial charge in [0.25, 0.3) is 0 Å². The van der Waals surface area contributed by atoms with Gasteiger partial charge in [-0.25, -0.2) is 4.99 Å². The number of nitrogens with zero attached hydrogens (tertiary/aromatic N) is 1. The van der Waals surface area contributed by atoms with Crippen molar-refractivity contribution in [2.75, 3.05) is 0 Å². The van der Waals surface area contributed by atoms with E-state index in [9.17, 15) is 4.79 Å². The van der Waals surface area contributed by atoms with Gasteiger partial charge in [0.1, 0.15) is 0 Å². The van der Waals surface area contributed by atoms with Crippen molar-refractivity contribution in [3.05, 3.63) is 51.1 Å². The lowest BCUT2D eigenvalue weighted by molar-refractivity contribution is -0.113. The lowest BCUT2D eigenvalue weighted by Crippen LogP contribution is -2.20. The number of halogens is 1. The molecule has 0 radical (unpaired) electrons. The number of carbonyl (C=O) groups is 1. The number of aliphatic imine (C=N–C) groups is 1. The molecule has 1 aromatic rings. The van der Waals surface area contributed by atoms with Crippen LogP contribution in [0.25, 0.3) is 0 Å². The molecule has 0 fully saturated rings. The standard InChI is InChI=1S/C18H20INO/c1-11(2)14-9-13(10-15(12(3)4)18(14)21)20-17-8-6-5-7-16(17)19/h5-12H,1-4H3. The second-order valence-corrected chi connectivity index (χ2v) is 6.99.